The smallest absolute Gasteiger partial charge is 0.254 e. The van der Waals surface area contributed by atoms with Gasteiger partial charge in [-0.05, 0) is 6.26 Å². The first kappa shape index (κ1) is 8.79. The third-order valence-corrected chi connectivity index (χ3v) is 1.81. The summed E-state index contributed by atoms with van der Waals surface area (Å²) < 4.78 is 0. The number of nitrogen functional groups attached to an aromatic ring is 1. The van der Waals surface area contributed by atoms with Crippen LogP contribution in [0.3, 0.4) is 0 Å². The number of nitrogens with two attached hydrogens (primary N) is 2. The first-order valence-corrected chi connectivity index (χ1v) is 4.34. The fourth-order valence-corrected chi connectivity index (χ4v) is 1.01. The summed E-state index contributed by atoms with van der Waals surface area (Å²) in [6.45, 7) is 0. The Morgan fingerprint density at radius 2 is 2.33 bits per heavy atom. The van der Waals surface area contributed by atoms with Gasteiger partial charge in [-0.3, -0.25) is 4.79 Å². The fraction of sp³-hybridized carbons (Fsp3) is 0.167. The number of amides is 1. The van der Waals surface area contributed by atoms with E-state index >= 15 is 0 Å². The lowest BCUT2D eigenvalue weighted by Gasteiger charge is -2.00. The van der Waals surface area contributed by atoms with Crippen LogP contribution < -0.4 is 11.5 Å². The zero-order valence-electron chi connectivity index (χ0n) is 6.44. The highest BCUT2D eigenvalue weighted by atomic mass is 32.2. The van der Waals surface area contributed by atoms with Crippen LogP contribution in [0.25, 0.3) is 0 Å². The number of carbonyl (C=O) groups is 1. The molecule has 1 amide bonds. The molecule has 5 nitrogen and oxygen atoms in total. The van der Waals surface area contributed by atoms with Gasteiger partial charge in [-0.25, -0.2) is 9.97 Å². The van der Waals surface area contributed by atoms with Crippen molar-refractivity contribution in [1.29, 1.82) is 0 Å². The lowest BCUT2D eigenvalue weighted by Crippen LogP contribution is -2.15. The molecule has 0 aliphatic heterocycles. The van der Waals surface area contributed by atoms with E-state index in [0.29, 0.717) is 5.16 Å². The molecule has 0 aliphatic rings. The predicted octanol–water partition coefficient (Wildman–Crippen LogP) is -0.120. The number of hydrogen-bond donors (Lipinski definition) is 2. The largest absolute Gasteiger partial charge is 0.383 e. The summed E-state index contributed by atoms with van der Waals surface area (Å²) in [7, 11) is 0. The van der Waals surface area contributed by atoms with Crippen LogP contribution in [0.5, 0.6) is 0 Å². The molecule has 0 radical (unpaired) electrons. The molecule has 1 aromatic heterocycles. The molecule has 1 heterocycles. The topological polar surface area (TPSA) is 94.9 Å². The Balaban J connectivity index is 3.12. The van der Waals surface area contributed by atoms with Crippen LogP contribution in [0.4, 0.5) is 5.82 Å². The monoisotopic (exact) mass is 184 g/mol. The highest BCUT2D eigenvalue weighted by Gasteiger charge is 2.07. The van der Waals surface area contributed by atoms with Gasteiger partial charge in [0.2, 0.25) is 0 Å². The minimum Gasteiger partial charge on any atom is -0.383 e. The van der Waals surface area contributed by atoms with E-state index in [4.69, 9.17) is 11.5 Å². The predicted molar refractivity (Wildman–Crippen MR) is 46.7 cm³/mol. The number of carbonyl (C=O) groups excluding carboxylic acids is 1. The SMILES string of the molecule is CSc1ncc(C(N)=O)c(N)n1. The number of thioether (sulfide) groups is 1. The number of aromatic nitrogens is 2. The summed E-state index contributed by atoms with van der Waals surface area (Å²) >= 11 is 1.35. The van der Waals surface area contributed by atoms with Crippen molar-refractivity contribution in [3.05, 3.63) is 11.8 Å². The first-order chi connectivity index (χ1) is 5.65. The van der Waals surface area contributed by atoms with Crippen LogP contribution >= 0.6 is 11.8 Å². The maximum Gasteiger partial charge on any atom is 0.254 e. The molecule has 0 saturated heterocycles. The van der Waals surface area contributed by atoms with Crippen LogP contribution in [-0.2, 0) is 0 Å². The van der Waals surface area contributed by atoms with Crippen molar-refractivity contribution in [1.82, 2.24) is 9.97 Å². The molecule has 0 spiro atoms. The van der Waals surface area contributed by atoms with Crippen molar-refractivity contribution in [3.8, 4) is 0 Å². The standard InChI is InChI=1S/C6H8N4OS/c1-12-6-9-2-3(5(8)11)4(7)10-6/h2H,1H3,(H2,8,11)(H2,7,9,10). The highest BCUT2D eigenvalue weighted by molar-refractivity contribution is 7.98. The summed E-state index contributed by atoms with van der Waals surface area (Å²) in [4.78, 5) is 18.4. The van der Waals surface area contributed by atoms with Gasteiger partial charge < -0.3 is 11.5 Å². The van der Waals surface area contributed by atoms with E-state index in [1.54, 1.807) is 0 Å². The molecule has 6 heteroatoms. The lowest BCUT2D eigenvalue weighted by molar-refractivity contribution is 0.100. The molecule has 0 atom stereocenters. The van der Waals surface area contributed by atoms with Crippen molar-refractivity contribution in [2.75, 3.05) is 12.0 Å². The number of primary amides is 1. The molecule has 0 saturated carbocycles. The quantitative estimate of drug-likeness (QED) is 0.493. The van der Waals surface area contributed by atoms with Crippen LogP contribution in [0, 0.1) is 0 Å². The van der Waals surface area contributed by atoms with E-state index in [0.717, 1.165) is 0 Å². The van der Waals surface area contributed by atoms with Gasteiger partial charge >= 0.3 is 0 Å². The fourth-order valence-electron chi connectivity index (χ4n) is 0.666. The number of hydrogen-bond acceptors (Lipinski definition) is 5. The zero-order chi connectivity index (χ0) is 9.14. The molecule has 0 unspecified atom stereocenters. The molecule has 4 N–H and O–H groups in total. The van der Waals surface area contributed by atoms with Crippen LogP contribution in [-0.4, -0.2) is 22.1 Å². The van der Waals surface area contributed by atoms with Gasteiger partial charge in [0, 0.05) is 6.20 Å². The summed E-state index contributed by atoms with van der Waals surface area (Å²) in [6.07, 6.45) is 3.15. The second-order valence-electron chi connectivity index (χ2n) is 2.02. The molecule has 0 bridgehead atoms. The molecule has 12 heavy (non-hydrogen) atoms. The molecule has 1 aromatic rings. The average molecular weight is 184 g/mol. The minimum absolute atomic E-state index is 0.127. The zero-order valence-corrected chi connectivity index (χ0v) is 7.26. The van der Waals surface area contributed by atoms with Gasteiger partial charge in [0.15, 0.2) is 5.16 Å². The van der Waals surface area contributed by atoms with Gasteiger partial charge in [0.05, 0.1) is 5.56 Å². The maximum atomic E-state index is 10.7. The summed E-state index contributed by atoms with van der Waals surface area (Å²) in [5.41, 5.74) is 10.6. The van der Waals surface area contributed by atoms with Crippen molar-refractivity contribution >= 4 is 23.5 Å². The van der Waals surface area contributed by atoms with E-state index in [2.05, 4.69) is 9.97 Å². The minimum atomic E-state index is -0.611. The number of nitrogens with zero attached hydrogens (tertiary/aromatic N) is 2. The molecule has 0 aliphatic carbocycles. The number of anilines is 1. The van der Waals surface area contributed by atoms with Crippen LogP contribution in [0.1, 0.15) is 10.4 Å². The van der Waals surface area contributed by atoms with Crippen LogP contribution in [0.15, 0.2) is 11.4 Å². The van der Waals surface area contributed by atoms with E-state index in [1.807, 2.05) is 6.26 Å². The van der Waals surface area contributed by atoms with Gasteiger partial charge in [-0.1, -0.05) is 11.8 Å². The Kier molecular flexibility index (Phi) is 2.49. The van der Waals surface area contributed by atoms with Crippen molar-refractivity contribution in [3.63, 3.8) is 0 Å². The van der Waals surface area contributed by atoms with Crippen molar-refractivity contribution < 1.29 is 4.79 Å². The third-order valence-electron chi connectivity index (χ3n) is 1.24. The molecular weight excluding hydrogens is 176 g/mol. The van der Waals surface area contributed by atoms with Crippen LogP contribution in [0.2, 0.25) is 0 Å². The Hall–Kier alpha value is -1.30. The molecule has 64 valence electrons. The lowest BCUT2D eigenvalue weighted by atomic mass is 10.3. The molecule has 1 rings (SSSR count). The average Bonchev–Trinajstić information content (AvgIpc) is 2.03. The van der Waals surface area contributed by atoms with E-state index in [9.17, 15) is 4.79 Å². The second-order valence-corrected chi connectivity index (χ2v) is 2.79. The molecule has 0 aromatic carbocycles. The summed E-state index contributed by atoms with van der Waals surface area (Å²) in [5.74, 6) is -0.484. The van der Waals surface area contributed by atoms with Crippen molar-refractivity contribution in [2.24, 2.45) is 5.73 Å². The van der Waals surface area contributed by atoms with Gasteiger partial charge in [0.25, 0.3) is 5.91 Å². The van der Waals surface area contributed by atoms with Gasteiger partial charge in [-0.15, -0.1) is 0 Å². The maximum absolute atomic E-state index is 10.7. The van der Waals surface area contributed by atoms with Gasteiger partial charge in [0.1, 0.15) is 5.82 Å². The van der Waals surface area contributed by atoms with E-state index in [-0.39, 0.29) is 11.4 Å². The van der Waals surface area contributed by atoms with E-state index < -0.39 is 5.91 Å². The molecular formula is C6H8N4OS. The molecule has 0 fully saturated rings. The third kappa shape index (κ3) is 1.65. The Labute approximate surface area is 73.6 Å². The normalized spacial score (nSPS) is 9.75. The Morgan fingerprint density at radius 3 is 2.75 bits per heavy atom. The summed E-state index contributed by atoms with van der Waals surface area (Å²) in [6, 6.07) is 0. The van der Waals surface area contributed by atoms with Crippen molar-refractivity contribution in [2.45, 2.75) is 5.16 Å². The van der Waals surface area contributed by atoms with Gasteiger partial charge in [-0.2, -0.15) is 0 Å². The highest BCUT2D eigenvalue weighted by Crippen LogP contribution is 2.12. The Bertz CT molecular complexity index is 314. The first-order valence-electron chi connectivity index (χ1n) is 3.11. The summed E-state index contributed by atoms with van der Waals surface area (Å²) in [5, 5.41) is 0.525. The second kappa shape index (κ2) is 3.40. The van der Waals surface area contributed by atoms with E-state index in [1.165, 1.54) is 18.0 Å². The number of rotatable bonds is 2. The Morgan fingerprint density at radius 1 is 1.67 bits per heavy atom.